The minimum absolute atomic E-state index is 1.09. The first-order valence-electron chi connectivity index (χ1n) is 7.20. The molecule has 0 radical (unpaired) electrons. The van der Waals surface area contributed by atoms with E-state index in [-0.39, 0.29) is 0 Å². The number of hydrogen-bond donors (Lipinski definition) is 1. The molecule has 0 aromatic rings. The van der Waals surface area contributed by atoms with Crippen molar-refractivity contribution in [1.82, 2.24) is 10.2 Å². The highest BCUT2D eigenvalue weighted by atomic mass is 15.1. The number of rotatable bonds is 12. The number of nitrogens with zero attached hydrogens (tertiary/aromatic N) is 1. The first kappa shape index (κ1) is 15.9. The van der Waals surface area contributed by atoms with Crippen LogP contribution in [0.25, 0.3) is 0 Å². The predicted molar refractivity (Wildman–Crippen MR) is 74.0 cm³/mol. The number of nitrogens with one attached hydrogen (secondary N) is 1. The fraction of sp³-hybridized carbons (Fsp3) is 1.00. The van der Waals surface area contributed by atoms with Gasteiger partial charge in [-0.3, -0.25) is 0 Å². The van der Waals surface area contributed by atoms with E-state index >= 15 is 0 Å². The molecule has 0 atom stereocenters. The molecule has 0 saturated carbocycles. The molecule has 0 spiro atoms. The van der Waals surface area contributed by atoms with Crippen LogP contribution in [0.15, 0.2) is 0 Å². The molecule has 0 amide bonds. The summed E-state index contributed by atoms with van der Waals surface area (Å²) in [5.74, 6) is 0. The Bertz CT molecular complexity index is 126. The lowest BCUT2D eigenvalue weighted by Crippen LogP contribution is -2.29. The molecule has 0 aliphatic rings. The molecular weight excluding hydrogens is 196 g/mol. The minimum Gasteiger partial charge on any atom is -0.316 e. The van der Waals surface area contributed by atoms with Gasteiger partial charge in [0.1, 0.15) is 0 Å². The van der Waals surface area contributed by atoms with Crippen molar-refractivity contribution in [3.05, 3.63) is 0 Å². The molecule has 98 valence electrons. The maximum Gasteiger partial charge on any atom is 0.0104 e. The molecule has 0 aromatic heterocycles. The smallest absolute Gasteiger partial charge is 0.0104 e. The van der Waals surface area contributed by atoms with E-state index in [0.29, 0.717) is 0 Å². The highest BCUT2D eigenvalue weighted by Crippen LogP contribution is 2.06. The summed E-state index contributed by atoms with van der Waals surface area (Å²) in [7, 11) is 2.23. The van der Waals surface area contributed by atoms with Gasteiger partial charge in [0.2, 0.25) is 0 Å². The molecule has 2 heteroatoms. The second-order valence-corrected chi connectivity index (χ2v) is 4.78. The van der Waals surface area contributed by atoms with Crippen molar-refractivity contribution in [2.45, 2.75) is 58.8 Å². The van der Waals surface area contributed by atoms with Gasteiger partial charge in [-0.1, -0.05) is 52.4 Å². The summed E-state index contributed by atoms with van der Waals surface area (Å²) in [4.78, 5) is 2.44. The van der Waals surface area contributed by atoms with Gasteiger partial charge in [0.15, 0.2) is 0 Å². The van der Waals surface area contributed by atoms with Crippen molar-refractivity contribution in [2.75, 3.05) is 33.2 Å². The van der Waals surface area contributed by atoms with Crippen LogP contribution in [-0.4, -0.2) is 38.1 Å². The van der Waals surface area contributed by atoms with Gasteiger partial charge in [0, 0.05) is 13.1 Å². The Labute approximate surface area is 103 Å². The average molecular weight is 228 g/mol. The second-order valence-electron chi connectivity index (χ2n) is 4.78. The van der Waals surface area contributed by atoms with E-state index in [1.807, 2.05) is 0 Å². The molecule has 0 bridgehead atoms. The molecule has 16 heavy (non-hydrogen) atoms. The molecule has 0 aliphatic carbocycles. The Morgan fingerprint density at radius 2 is 1.44 bits per heavy atom. The fourth-order valence-electron chi connectivity index (χ4n) is 1.90. The largest absolute Gasteiger partial charge is 0.316 e. The Morgan fingerprint density at radius 3 is 2.06 bits per heavy atom. The van der Waals surface area contributed by atoms with Crippen LogP contribution in [0.2, 0.25) is 0 Å². The van der Waals surface area contributed by atoms with E-state index in [0.717, 1.165) is 13.1 Å². The third-order valence-corrected chi connectivity index (χ3v) is 3.06. The molecule has 0 heterocycles. The molecule has 0 rings (SSSR count). The molecule has 0 saturated heterocycles. The lowest BCUT2D eigenvalue weighted by molar-refractivity contribution is 0.322. The zero-order valence-electron chi connectivity index (χ0n) is 11.7. The Morgan fingerprint density at radius 1 is 0.812 bits per heavy atom. The SMILES string of the molecule is CCCCCCCCCN(C)CCNCC. The summed E-state index contributed by atoms with van der Waals surface area (Å²) in [5.41, 5.74) is 0. The van der Waals surface area contributed by atoms with Crippen molar-refractivity contribution in [1.29, 1.82) is 0 Å². The van der Waals surface area contributed by atoms with Crippen molar-refractivity contribution in [3.8, 4) is 0 Å². The van der Waals surface area contributed by atoms with Gasteiger partial charge in [0.25, 0.3) is 0 Å². The van der Waals surface area contributed by atoms with E-state index in [1.54, 1.807) is 0 Å². The lowest BCUT2D eigenvalue weighted by atomic mass is 10.1. The van der Waals surface area contributed by atoms with E-state index in [9.17, 15) is 0 Å². The third kappa shape index (κ3) is 12.0. The Kier molecular flexibility index (Phi) is 12.9. The summed E-state index contributed by atoms with van der Waals surface area (Å²) in [6, 6.07) is 0. The highest BCUT2D eigenvalue weighted by molar-refractivity contribution is 4.54. The quantitative estimate of drug-likeness (QED) is 0.516. The zero-order valence-corrected chi connectivity index (χ0v) is 11.7. The molecular formula is C14H32N2. The molecule has 0 fully saturated rings. The van der Waals surface area contributed by atoms with Crippen LogP contribution in [0.5, 0.6) is 0 Å². The molecule has 2 nitrogen and oxygen atoms in total. The van der Waals surface area contributed by atoms with Gasteiger partial charge in [-0.2, -0.15) is 0 Å². The van der Waals surface area contributed by atoms with Crippen LogP contribution in [-0.2, 0) is 0 Å². The van der Waals surface area contributed by atoms with Gasteiger partial charge in [-0.25, -0.2) is 0 Å². The lowest BCUT2D eigenvalue weighted by Gasteiger charge is -2.16. The van der Waals surface area contributed by atoms with Crippen molar-refractivity contribution < 1.29 is 0 Å². The minimum atomic E-state index is 1.09. The van der Waals surface area contributed by atoms with Gasteiger partial charge >= 0.3 is 0 Å². The maximum atomic E-state index is 3.36. The van der Waals surface area contributed by atoms with Crippen LogP contribution in [0.4, 0.5) is 0 Å². The summed E-state index contributed by atoms with van der Waals surface area (Å²) in [5, 5.41) is 3.36. The number of unbranched alkanes of at least 4 members (excludes halogenated alkanes) is 6. The number of likely N-dealkylation sites (N-methyl/N-ethyl adjacent to an activating group) is 2. The van der Waals surface area contributed by atoms with Gasteiger partial charge in [-0.05, 0) is 26.6 Å². The van der Waals surface area contributed by atoms with E-state index < -0.39 is 0 Å². The van der Waals surface area contributed by atoms with Gasteiger partial charge in [-0.15, -0.1) is 0 Å². The predicted octanol–water partition coefficient (Wildman–Crippen LogP) is 3.28. The van der Waals surface area contributed by atoms with Crippen LogP contribution >= 0.6 is 0 Å². The number of hydrogen-bond acceptors (Lipinski definition) is 2. The molecule has 0 unspecified atom stereocenters. The molecule has 0 aromatic carbocycles. The normalized spacial score (nSPS) is 11.2. The molecule has 1 N–H and O–H groups in total. The fourth-order valence-corrected chi connectivity index (χ4v) is 1.90. The first-order chi connectivity index (χ1) is 7.81. The Hall–Kier alpha value is -0.0800. The monoisotopic (exact) mass is 228 g/mol. The third-order valence-electron chi connectivity index (χ3n) is 3.06. The molecule has 0 aliphatic heterocycles. The van der Waals surface area contributed by atoms with Crippen molar-refractivity contribution in [2.24, 2.45) is 0 Å². The van der Waals surface area contributed by atoms with Crippen LogP contribution in [0.1, 0.15) is 58.8 Å². The highest BCUT2D eigenvalue weighted by Gasteiger charge is 1.97. The van der Waals surface area contributed by atoms with E-state index in [2.05, 4.69) is 31.1 Å². The summed E-state index contributed by atoms with van der Waals surface area (Å²) in [6.45, 7) is 9.10. The first-order valence-corrected chi connectivity index (χ1v) is 7.20. The van der Waals surface area contributed by atoms with Crippen LogP contribution in [0.3, 0.4) is 0 Å². The van der Waals surface area contributed by atoms with Crippen LogP contribution in [0, 0.1) is 0 Å². The van der Waals surface area contributed by atoms with Crippen molar-refractivity contribution in [3.63, 3.8) is 0 Å². The standard InChI is InChI=1S/C14H32N2/c1-4-6-7-8-9-10-11-13-16(3)14-12-15-5-2/h15H,4-14H2,1-3H3. The van der Waals surface area contributed by atoms with Crippen LogP contribution < -0.4 is 5.32 Å². The summed E-state index contributed by atoms with van der Waals surface area (Å²) >= 11 is 0. The maximum absolute atomic E-state index is 3.36. The van der Waals surface area contributed by atoms with E-state index in [4.69, 9.17) is 0 Å². The summed E-state index contributed by atoms with van der Waals surface area (Å²) < 4.78 is 0. The van der Waals surface area contributed by atoms with Crippen molar-refractivity contribution >= 4 is 0 Å². The summed E-state index contributed by atoms with van der Waals surface area (Å²) in [6.07, 6.45) is 9.86. The van der Waals surface area contributed by atoms with Gasteiger partial charge < -0.3 is 10.2 Å². The average Bonchev–Trinajstić information content (AvgIpc) is 2.28. The van der Waals surface area contributed by atoms with E-state index in [1.165, 1.54) is 58.0 Å². The zero-order chi connectivity index (χ0) is 12.1. The second kappa shape index (κ2) is 13.0. The topological polar surface area (TPSA) is 15.3 Å². The van der Waals surface area contributed by atoms with Gasteiger partial charge in [0.05, 0.1) is 0 Å². The Balaban J connectivity index is 3.06.